The van der Waals surface area contributed by atoms with Gasteiger partial charge in [-0.15, -0.1) is 11.3 Å². The van der Waals surface area contributed by atoms with Gasteiger partial charge in [0.05, 0.1) is 6.04 Å². The molecule has 3 nitrogen and oxygen atoms in total. The maximum Gasteiger partial charge on any atom is 0.315 e. The fourth-order valence-electron chi connectivity index (χ4n) is 2.38. The zero-order chi connectivity index (χ0) is 15.9. The van der Waals surface area contributed by atoms with Gasteiger partial charge in [-0.25, -0.2) is 4.79 Å². The van der Waals surface area contributed by atoms with E-state index in [9.17, 15) is 4.79 Å². The van der Waals surface area contributed by atoms with E-state index in [2.05, 4.69) is 10.6 Å². The van der Waals surface area contributed by atoms with E-state index in [4.69, 9.17) is 0 Å². The van der Waals surface area contributed by atoms with Crippen LogP contribution in [-0.4, -0.2) is 6.03 Å². The summed E-state index contributed by atoms with van der Waals surface area (Å²) in [5.41, 5.74) is 2.15. The van der Waals surface area contributed by atoms with Gasteiger partial charge in [0.15, 0.2) is 0 Å². The SMILES string of the molecule is O=C(NCc1ccccc1)NC(c1ccccc1)c1cccs1. The first-order chi connectivity index (χ1) is 11.3. The summed E-state index contributed by atoms with van der Waals surface area (Å²) in [6.07, 6.45) is 0. The lowest BCUT2D eigenvalue weighted by atomic mass is 10.1. The van der Waals surface area contributed by atoms with Crippen LogP contribution < -0.4 is 10.6 Å². The summed E-state index contributed by atoms with van der Waals surface area (Å²) in [5, 5.41) is 8.00. The minimum atomic E-state index is -0.170. The molecule has 0 saturated heterocycles. The Balaban J connectivity index is 1.68. The van der Waals surface area contributed by atoms with E-state index >= 15 is 0 Å². The molecule has 2 amide bonds. The first-order valence-electron chi connectivity index (χ1n) is 7.49. The van der Waals surface area contributed by atoms with Gasteiger partial charge in [-0.3, -0.25) is 0 Å². The summed E-state index contributed by atoms with van der Waals surface area (Å²) in [4.78, 5) is 13.4. The molecular formula is C19H18N2OS. The molecule has 0 fully saturated rings. The number of hydrogen-bond donors (Lipinski definition) is 2. The number of amides is 2. The van der Waals surface area contributed by atoms with E-state index in [1.807, 2.05) is 78.2 Å². The second kappa shape index (κ2) is 7.61. The van der Waals surface area contributed by atoms with Crippen molar-refractivity contribution in [2.24, 2.45) is 0 Å². The highest BCUT2D eigenvalue weighted by Gasteiger charge is 2.17. The molecule has 0 spiro atoms. The van der Waals surface area contributed by atoms with Crippen molar-refractivity contribution in [3.63, 3.8) is 0 Å². The Morgan fingerprint density at radius 1 is 0.913 bits per heavy atom. The molecule has 0 aliphatic carbocycles. The molecule has 3 rings (SSSR count). The zero-order valence-electron chi connectivity index (χ0n) is 12.6. The molecule has 2 aromatic carbocycles. The van der Waals surface area contributed by atoms with Crippen LogP contribution in [0.3, 0.4) is 0 Å². The maximum atomic E-state index is 12.3. The van der Waals surface area contributed by atoms with E-state index in [1.165, 1.54) is 0 Å². The summed E-state index contributed by atoms with van der Waals surface area (Å²) >= 11 is 1.64. The lowest BCUT2D eigenvalue weighted by Gasteiger charge is -2.18. The average Bonchev–Trinajstić information content (AvgIpc) is 3.14. The van der Waals surface area contributed by atoms with Crippen molar-refractivity contribution in [1.82, 2.24) is 10.6 Å². The molecule has 1 atom stereocenters. The molecule has 0 aliphatic rings. The second-order valence-corrected chi connectivity index (χ2v) is 6.15. The van der Waals surface area contributed by atoms with Gasteiger partial charge in [0, 0.05) is 11.4 Å². The first kappa shape index (κ1) is 15.3. The predicted molar refractivity (Wildman–Crippen MR) is 94.4 cm³/mol. The average molecular weight is 322 g/mol. The highest BCUT2D eigenvalue weighted by Crippen LogP contribution is 2.25. The second-order valence-electron chi connectivity index (χ2n) is 5.17. The normalized spacial score (nSPS) is 11.7. The van der Waals surface area contributed by atoms with Crippen LogP contribution in [0.25, 0.3) is 0 Å². The van der Waals surface area contributed by atoms with Gasteiger partial charge < -0.3 is 10.6 Å². The standard InChI is InChI=1S/C19H18N2OS/c22-19(20-14-15-8-3-1-4-9-15)21-18(17-12-7-13-23-17)16-10-5-2-6-11-16/h1-13,18H,14H2,(H2,20,21,22). The van der Waals surface area contributed by atoms with Crippen molar-refractivity contribution in [2.75, 3.05) is 0 Å². The van der Waals surface area contributed by atoms with Gasteiger partial charge >= 0.3 is 6.03 Å². The third kappa shape index (κ3) is 4.20. The molecule has 3 aromatic rings. The van der Waals surface area contributed by atoms with Crippen molar-refractivity contribution in [3.05, 3.63) is 94.2 Å². The van der Waals surface area contributed by atoms with Crippen molar-refractivity contribution in [2.45, 2.75) is 12.6 Å². The Morgan fingerprint density at radius 2 is 1.61 bits per heavy atom. The van der Waals surface area contributed by atoms with Gasteiger partial charge in [0.1, 0.15) is 0 Å². The smallest absolute Gasteiger partial charge is 0.315 e. The Morgan fingerprint density at radius 3 is 2.26 bits per heavy atom. The minimum Gasteiger partial charge on any atom is -0.334 e. The van der Waals surface area contributed by atoms with Crippen LogP contribution in [0.15, 0.2) is 78.2 Å². The Hall–Kier alpha value is -2.59. The van der Waals surface area contributed by atoms with Gasteiger partial charge in [0.2, 0.25) is 0 Å². The molecule has 2 N–H and O–H groups in total. The van der Waals surface area contributed by atoms with Crippen LogP contribution >= 0.6 is 11.3 Å². The fourth-order valence-corrected chi connectivity index (χ4v) is 3.18. The van der Waals surface area contributed by atoms with Gasteiger partial charge in [0.25, 0.3) is 0 Å². The Bertz CT molecular complexity index is 727. The summed E-state index contributed by atoms with van der Waals surface area (Å²) in [6, 6.07) is 23.6. The van der Waals surface area contributed by atoms with Crippen LogP contribution in [0, 0.1) is 0 Å². The van der Waals surface area contributed by atoms with E-state index in [0.29, 0.717) is 6.54 Å². The fraction of sp³-hybridized carbons (Fsp3) is 0.105. The summed E-state index contributed by atoms with van der Waals surface area (Å²) in [5.74, 6) is 0. The molecule has 1 heterocycles. The van der Waals surface area contributed by atoms with E-state index in [-0.39, 0.29) is 12.1 Å². The number of nitrogens with one attached hydrogen (secondary N) is 2. The van der Waals surface area contributed by atoms with Crippen molar-refractivity contribution >= 4 is 17.4 Å². The summed E-state index contributed by atoms with van der Waals surface area (Å²) in [6.45, 7) is 0.513. The number of rotatable bonds is 5. The molecule has 4 heteroatoms. The van der Waals surface area contributed by atoms with Gasteiger partial charge in [-0.2, -0.15) is 0 Å². The van der Waals surface area contributed by atoms with Crippen LogP contribution in [0.5, 0.6) is 0 Å². The summed E-state index contributed by atoms with van der Waals surface area (Å²) in [7, 11) is 0. The molecule has 0 saturated carbocycles. The Kier molecular flexibility index (Phi) is 5.06. The van der Waals surface area contributed by atoms with Crippen molar-refractivity contribution in [1.29, 1.82) is 0 Å². The van der Waals surface area contributed by atoms with E-state index in [1.54, 1.807) is 11.3 Å². The molecule has 23 heavy (non-hydrogen) atoms. The summed E-state index contributed by atoms with van der Waals surface area (Å²) < 4.78 is 0. The lowest BCUT2D eigenvalue weighted by molar-refractivity contribution is 0.238. The van der Waals surface area contributed by atoms with Crippen molar-refractivity contribution in [3.8, 4) is 0 Å². The van der Waals surface area contributed by atoms with Gasteiger partial charge in [-0.1, -0.05) is 66.7 Å². The minimum absolute atomic E-state index is 0.132. The number of carbonyl (C=O) groups is 1. The molecule has 0 bridgehead atoms. The van der Waals surface area contributed by atoms with Crippen LogP contribution in [0.1, 0.15) is 22.0 Å². The van der Waals surface area contributed by atoms with Crippen LogP contribution in [0.2, 0.25) is 0 Å². The molecule has 1 unspecified atom stereocenters. The zero-order valence-corrected chi connectivity index (χ0v) is 13.4. The highest BCUT2D eigenvalue weighted by atomic mass is 32.1. The van der Waals surface area contributed by atoms with Crippen molar-refractivity contribution < 1.29 is 4.79 Å². The quantitative estimate of drug-likeness (QED) is 0.721. The van der Waals surface area contributed by atoms with E-state index < -0.39 is 0 Å². The van der Waals surface area contributed by atoms with Gasteiger partial charge in [-0.05, 0) is 22.6 Å². The molecule has 116 valence electrons. The third-order valence-corrected chi connectivity index (χ3v) is 4.47. The topological polar surface area (TPSA) is 41.1 Å². The van der Waals surface area contributed by atoms with Crippen LogP contribution in [0.4, 0.5) is 4.79 Å². The largest absolute Gasteiger partial charge is 0.334 e. The highest BCUT2D eigenvalue weighted by molar-refractivity contribution is 7.10. The number of benzene rings is 2. The maximum absolute atomic E-state index is 12.3. The molecule has 0 aliphatic heterocycles. The number of urea groups is 1. The number of thiophene rings is 1. The number of hydrogen-bond acceptors (Lipinski definition) is 2. The first-order valence-corrected chi connectivity index (χ1v) is 8.37. The molecule has 1 aromatic heterocycles. The molecule has 0 radical (unpaired) electrons. The predicted octanol–water partition coefficient (Wildman–Crippen LogP) is 4.34. The number of carbonyl (C=O) groups excluding carboxylic acids is 1. The lowest BCUT2D eigenvalue weighted by Crippen LogP contribution is -2.37. The third-order valence-electron chi connectivity index (χ3n) is 3.53. The molecular weight excluding hydrogens is 304 g/mol. The monoisotopic (exact) mass is 322 g/mol. The Labute approximate surface area is 140 Å². The van der Waals surface area contributed by atoms with E-state index in [0.717, 1.165) is 16.0 Å². The van der Waals surface area contributed by atoms with Crippen LogP contribution in [-0.2, 0) is 6.54 Å².